The van der Waals surface area contributed by atoms with Crippen LogP contribution in [0.3, 0.4) is 0 Å². The summed E-state index contributed by atoms with van der Waals surface area (Å²) in [5, 5.41) is 22.0. The van der Waals surface area contributed by atoms with Gasteiger partial charge in [0.1, 0.15) is 5.52 Å². The Morgan fingerprint density at radius 2 is 2.22 bits per heavy atom. The Morgan fingerprint density at radius 1 is 1.44 bits per heavy atom. The van der Waals surface area contributed by atoms with E-state index in [0.29, 0.717) is 29.3 Å². The molecule has 94 valence electrons. The molecule has 1 aliphatic rings. The van der Waals surface area contributed by atoms with Crippen LogP contribution in [0, 0.1) is 0 Å². The Bertz CT molecular complexity index is 594. The standard InChI is InChI=1S/C12H13ClN4O/c1-12(18)5-7(6-12)15-11-9-8(3-2-4-14-9)10(13)16-17-11/h2-4,7,18H,5-6H2,1H3,(H,15,17)/t7-,12+. The number of pyridine rings is 1. The fraction of sp³-hybridized carbons (Fsp3) is 0.417. The first-order valence-electron chi connectivity index (χ1n) is 5.81. The zero-order valence-electron chi connectivity index (χ0n) is 9.89. The zero-order chi connectivity index (χ0) is 12.8. The molecular formula is C12H13ClN4O. The van der Waals surface area contributed by atoms with Crippen molar-refractivity contribution < 1.29 is 5.11 Å². The molecule has 0 spiro atoms. The van der Waals surface area contributed by atoms with Crippen LogP contribution in [0.4, 0.5) is 5.82 Å². The summed E-state index contributed by atoms with van der Waals surface area (Å²) in [6, 6.07) is 3.88. The van der Waals surface area contributed by atoms with E-state index in [4.69, 9.17) is 11.6 Å². The summed E-state index contributed by atoms with van der Waals surface area (Å²) in [6.45, 7) is 1.83. The van der Waals surface area contributed by atoms with E-state index in [2.05, 4.69) is 20.5 Å². The number of nitrogens with zero attached hydrogens (tertiary/aromatic N) is 3. The molecule has 1 saturated carbocycles. The van der Waals surface area contributed by atoms with Crippen LogP contribution in [0.2, 0.25) is 5.15 Å². The molecule has 6 heteroatoms. The van der Waals surface area contributed by atoms with Gasteiger partial charge in [0.25, 0.3) is 0 Å². The molecule has 2 heterocycles. The van der Waals surface area contributed by atoms with Gasteiger partial charge in [-0.1, -0.05) is 11.6 Å². The van der Waals surface area contributed by atoms with E-state index in [1.165, 1.54) is 0 Å². The van der Waals surface area contributed by atoms with Crippen molar-refractivity contribution in [3.63, 3.8) is 0 Å². The molecule has 2 aromatic heterocycles. The van der Waals surface area contributed by atoms with Crippen molar-refractivity contribution in [2.75, 3.05) is 5.32 Å². The first kappa shape index (κ1) is 11.6. The van der Waals surface area contributed by atoms with E-state index < -0.39 is 5.60 Å². The van der Waals surface area contributed by atoms with Gasteiger partial charge >= 0.3 is 0 Å². The van der Waals surface area contributed by atoms with E-state index in [1.807, 2.05) is 19.1 Å². The third kappa shape index (κ3) is 2.00. The van der Waals surface area contributed by atoms with Crippen LogP contribution in [-0.2, 0) is 0 Å². The van der Waals surface area contributed by atoms with Gasteiger partial charge in [0.15, 0.2) is 11.0 Å². The lowest BCUT2D eigenvalue weighted by Crippen LogP contribution is -2.48. The molecule has 18 heavy (non-hydrogen) atoms. The van der Waals surface area contributed by atoms with E-state index >= 15 is 0 Å². The van der Waals surface area contributed by atoms with E-state index in [1.54, 1.807) is 6.20 Å². The third-order valence-electron chi connectivity index (χ3n) is 3.21. The second kappa shape index (κ2) is 4.03. The maximum Gasteiger partial charge on any atom is 0.175 e. The lowest BCUT2D eigenvalue weighted by atomic mass is 9.77. The average Bonchev–Trinajstić information content (AvgIpc) is 2.31. The summed E-state index contributed by atoms with van der Waals surface area (Å²) in [4.78, 5) is 4.28. The summed E-state index contributed by atoms with van der Waals surface area (Å²) in [5.74, 6) is 0.621. The highest BCUT2D eigenvalue weighted by molar-refractivity contribution is 6.34. The highest BCUT2D eigenvalue weighted by Crippen LogP contribution is 2.34. The van der Waals surface area contributed by atoms with Crippen molar-refractivity contribution in [1.29, 1.82) is 0 Å². The van der Waals surface area contributed by atoms with Crippen molar-refractivity contribution in [3.05, 3.63) is 23.5 Å². The van der Waals surface area contributed by atoms with Gasteiger partial charge in [0.2, 0.25) is 0 Å². The summed E-state index contributed by atoms with van der Waals surface area (Å²) >= 11 is 5.98. The Labute approximate surface area is 109 Å². The van der Waals surface area contributed by atoms with Crippen molar-refractivity contribution in [3.8, 4) is 0 Å². The molecule has 1 fully saturated rings. The lowest BCUT2D eigenvalue weighted by Gasteiger charge is -2.41. The van der Waals surface area contributed by atoms with Crippen molar-refractivity contribution >= 4 is 28.3 Å². The summed E-state index contributed by atoms with van der Waals surface area (Å²) < 4.78 is 0. The number of anilines is 1. The van der Waals surface area contributed by atoms with Gasteiger partial charge in [-0.3, -0.25) is 4.98 Å². The lowest BCUT2D eigenvalue weighted by molar-refractivity contribution is -0.0235. The second-order valence-corrected chi connectivity index (χ2v) is 5.34. The minimum atomic E-state index is -0.569. The van der Waals surface area contributed by atoms with Crippen molar-refractivity contribution in [2.24, 2.45) is 0 Å². The topological polar surface area (TPSA) is 70.9 Å². The van der Waals surface area contributed by atoms with Crippen molar-refractivity contribution in [2.45, 2.75) is 31.4 Å². The molecule has 0 saturated heterocycles. The quantitative estimate of drug-likeness (QED) is 0.868. The number of fused-ring (bicyclic) bond motifs is 1. The number of halogens is 1. The molecule has 0 aromatic carbocycles. The number of aromatic nitrogens is 3. The predicted octanol–water partition coefficient (Wildman–Crippen LogP) is 2.00. The fourth-order valence-corrected chi connectivity index (χ4v) is 2.54. The van der Waals surface area contributed by atoms with Crippen LogP contribution in [0.15, 0.2) is 18.3 Å². The molecule has 0 bridgehead atoms. The number of hydrogen-bond donors (Lipinski definition) is 2. The van der Waals surface area contributed by atoms with E-state index in [0.717, 1.165) is 5.39 Å². The molecule has 5 nitrogen and oxygen atoms in total. The molecule has 0 unspecified atom stereocenters. The largest absolute Gasteiger partial charge is 0.390 e. The Morgan fingerprint density at radius 3 is 2.94 bits per heavy atom. The third-order valence-corrected chi connectivity index (χ3v) is 3.48. The van der Waals surface area contributed by atoms with Gasteiger partial charge in [-0.25, -0.2) is 0 Å². The van der Waals surface area contributed by atoms with E-state index in [-0.39, 0.29) is 6.04 Å². The van der Waals surface area contributed by atoms with Gasteiger partial charge < -0.3 is 10.4 Å². The first-order valence-corrected chi connectivity index (χ1v) is 6.19. The van der Waals surface area contributed by atoms with Gasteiger partial charge in [0, 0.05) is 17.6 Å². The Hall–Kier alpha value is -1.46. The number of rotatable bonds is 2. The van der Waals surface area contributed by atoms with Gasteiger partial charge in [-0.05, 0) is 31.9 Å². The normalized spacial score (nSPS) is 26.9. The highest BCUT2D eigenvalue weighted by Gasteiger charge is 2.38. The molecule has 3 rings (SSSR count). The number of aliphatic hydroxyl groups is 1. The van der Waals surface area contributed by atoms with Gasteiger partial charge in [0.05, 0.1) is 5.60 Å². The Kier molecular flexibility index (Phi) is 2.60. The van der Waals surface area contributed by atoms with E-state index in [9.17, 15) is 5.11 Å². The molecule has 0 radical (unpaired) electrons. The zero-order valence-corrected chi connectivity index (χ0v) is 10.6. The predicted molar refractivity (Wildman–Crippen MR) is 69.6 cm³/mol. The van der Waals surface area contributed by atoms with Crippen LogP contribution >= 0.6 is 11.6 Å². The molecule has 1 aliphatic carbocycles. The smallest absolute Gasteiger partial charge is 0.175 e. The van der Waals surface area contributed by atoms with Crippen LogP contribution in [-0.4, -0.2) is 31.9 Å². The number of nitrogens with one attached hydrogen (secondary N) is 1. The summed E-state index contributed by atoms with van der Waals surface area (Å²) in [7, 11) is 0. The maximum absolute atomic E-state index is 9.71. The minimum Gasteiger partial charge on any atom is -0.390 e. The summed E-state index contributed by atoms with van der Waals surface area (Å²) in [6.07, 6.45) is 3.10. The molecule has 0 amide bonds. The van der Waals surface area contributed by atoms with Crippen LogP contribution in [0.25, 0.3) is 10.9 Å². The monoisotopic (exact) mass is 264 g/mol. The van der Waals surface area contributed by atoms with Crippen LogP contribution in [0.1, 0.15) is 19.8 Å². The molecule has 0 atom stereocenters. The SMILES string of the molecule is C[C@]1(O)C[C@@H](Nc2nnc(Cl)c3cccnc23)C1. The van der Waals surface area contributed by atoms with Crippen LogP contribution < -0.4 is 5.32 Å². The van der Waals surface area contributed by atoms with Crippen LogP contribution in [0.5, 0.6) is 0 Å². The number of hydrogen-bond acceptors (Lipinski definition) is 5. The summed E-state index contributed by atoms with van der Waals surface area (Å²) in [5.41, 5.74) is 0.143. The van der Waals surface area contributed by atoms with Crippen molar-refractivity contribution in [1.82, 2.24) is 15.2 Å². The fourth-order valence-electron chi connectivity index (χ4n) is 2.35. The first-order chi connectivity index (χ1) is 8.55. The minimum absolute atomic E-state index is 0.209. The van der Waals surface area contributed by atoms with Gasteiger partial charge in [-0.2, -0.15) is 0 Å². The molecule has 0 aliphatic heterocycles. The molecule has 2 N–H and O–H groups in total. The second-order valence-electron chi connectivity index (χ2n) is 4.99. The van der Waals surface area contributed by atoms with Gasteiger partial charge in [-0.15, -0.1) is 10.2 Å². The Balaban J connectivity index is 1.91. The highest BCUT2D eigenvalue weighted by atomic mass is 35.5. The maximum atomic E-state index is 9.71. The molecule has 2 aromatic rings. The average molecular weight is 265 g/mol. The molecular weight excluding hydrogens is 252 g/mol.